The van der Waals surface area contributed by atoms with E-state index in [2.05, 4.69) is 10.1 Å². The Morgan fingerprint density at radius 3 is 2.67 bits per heavy atom. The van der Waals surface area contributed by atoms with Crippen LogP contribution in [0.2, 0.25) is 0 Å². The zero-order chi connectivity index (χ0) is 17.1. The lowest BCUT2D eigenvalue weighted by Gasteiger charge is -2.30. The van der Waals surface area contributed by atoms with Crippen molar-refractivity contribution in [2.75, 3.05) is 14.2 Å². The summed E-state index contributed by atoms with van der Waals surface area (Å²) in [6.45, 7) is 1.78. The second kappa shape index (κ2) is 6.70. The number of methoxy groups -OCH3 is 2. The van der Waals surface area contributed by atoms with E-state index in [-0.39, 0.29) is 17.9 Å². The summed E-state index contributed by atoms with van der Waals surface area (Å²) < 4.78 is 10.5. The van der Waals surface area contributed by atoms with Gasteiger partial charge in [0.15, 0.2) is 11.5 Å². The van der Waals surface area contributed by atoms with E-state index in [0.29, 0.717) is 17.3 Å². The summed E-state index contributed by atoms with van der Waals surface area (Å²) in [5.41, 5.74) is 0.800. The average Bonchev–Trinajstić information content (AvgIpc) is 2.61. The highest BCUT2D eigenvalue weighted by molar-refractivity contribution is 6.02. The number of allylic oxidation sites excluding steroid dienone is 2. The summed E-state index contributed by atoms with van der Waals surface area (Å²) in [5.74, 6) is 1.46. The molecule has 1 heterocycles. The Morgan fingerprint density at radius 2 is 1.92 bits per heavy atom. The highest BCUT2D eigenvalue weighted by Crippen LogP contribution is 2.27. The van der Waals surface area contributed by atoms with Crippen LogP contribution >= 0.6 is 0 Å². The Bertz CT molecular complexity index is 765. The number of amidine groups is 1. The maximum Gasteiger partial charge on any atom is 0.257 e. The lowest BCUT2D eigenvalue weighted by Crippen LogP contribution is -2.44. The van der Waals surface area contributed by atoms with Crippen LogP contribution in [0.3, 0.4) is 0 Å². The van der Waals surface area contributed by atoms with Gasteiger partial charge in [-0.3, -0.25) is 9.79 Å². The number of amides is 1. The number of benzene rings is 1. The molecule has 124 valence electrons. The van der Waals surface area contributed by atoms with Crippen molar-refractivity contribution < 1.29 is 14.3 Å². The molecule has 0 saturated carbocycles. The van der Waals surface area contributed by atoms with Crippen molar-refractivity contribution in [3.8, 4) is 11.5 Å². The molecule has 24 heavy (non-hydrogen) atoms. The van der Waals surface area contributed by atoms with Crippen molar-refractivity contribution in [1.82, 2.24) is 5.01 Å². The molecular formula is C18H19N3O3. The Kier molecular flexibility index (Phi) is 4.46. The zero-order valence-corrected chi connectivity index (χ0v) is 13.8. The van der Waals surface area contributed by atoms with Crippen molar-refractivity contribution in [3.63, 3.8) is 0 Å². The predicted octanol–water partition coefficient (Wildman–Crippen LogP) is 2.41. The van der Waals surface area contributed by atoms with Crippen LogP contribution in [0.15, 0.2) is 52.6 Å². The first-order valence-electron chi connectivity index (χ1n) is 7.63. The Hall–Kier alpha value is -2.89. The number of nitrogens with zero attached hydrogens (tertiary/aromatic N) is 3. The van der Waals surface area contributed by atoms with Gasteiger partial charge in [-0.25, -0.2) is 0 Å². The molecular weight excluding hydrogens is 306 g/mol. The van der Waals surface area contributed by atoms with Crippen LogP contribution in [-0.2, 0) is 4.79 Å². The molecule has 2 atom stereocenters. The molecule has 6 heteroatoms. The van der Waals surface area contributed by atoms with Crippen LogP contribution in [-0.4, -0.2) is 43.2 Å². The number of rotatable bonds is 4. The highest BCUT2D eigenvalue weighted by atomic mass is 16.5. The summed E-state index contributed by atoms with van der Waals surface area (Å²) >= 11 is 0. The van der Waals surface area contributed by atoms with E-state index in [9.17, 15) is 4.79 Å². The number of hydrazone groups is 1. The van der Waals surface area contributed by atoms with Crippen LogP contribution in [0.5, 0.6) is 11.5 Å². The van der Waals surface area contributed by atoms with E-state index >= 15 is 0 Å². The summed E-state index contributed by atoms with van der Waals surface area (Å²) in [5, 5.41) is 5.66. The lowest BCUT2D eigenvalue weighted by atomic mass is 9.93. The van der Waals surface area contributed by atoms with E-state index in [1.54, 1.807) is 39.5 Å². The first kappa shape index (κ1) is 16.0. The molecule has 6 nitrogen and oxygen atoms in total. The minimum absolute atomic E-state index is 0.0789. The average molecular weight is 325 g/mol. The van der Waals surface area contributed by atoms with Gasteiger partial charge >= 0.3 is 0 Å². The first-order valence-corrected chi connectivity index (χ1v) is 7.63. The van der Waals surface area contributed by atoms with Crippen molar-refractivity contribution in [2.45, 2.75) is 13.0 Å². The maximum atomic E-state index is 12.6. The predicted molar refractivity (Wildman–Crippen MR) is 92.7 cm³/mol. The fourth-order valence-electron chi connectivity index (χ4n) is 2.72. The molecule has 0 fully saturated rings. The lowest BCUT2D eigenvalue weighted by molar-refractivity contribution is -0.131. The van der Waals surface area contributed by atoms with Crippen molar-refractivity contribution in [1.29, 1.82) is 0 Å². The SMILES string of the molecule is COc1ccc(/C=N\N2C(=O)[C@@H]3C=CC=C[C@H]3N=C2C)cc1OC. The second-order valence-corrected chi connectivity index (χ2v) is 5.47. The van der Waals surface area contributed by atoms with E-state index in [1.165, 1.54) is 5.01 Å². The quantitative estimate of drug-likeness (QED) is 0.799. The minimum atomic E-state index is -0.291. The van der Waals surface area contributed by atoms with Gasteiger partial charge < -0.3 is 9.47 Å². The van der Waals surface area contributed by atoms with E-state index in [1.807, 2.05) is 30.4 Å². The van der Waals surface area contributed by atoms with Gasteiger partial charge in [0.25, 0.3) is 5.91 Å². The molecule has 0 bridgehead atoms. The molecule has 0 spiro atoms. The molecule has 0 N–H and O–H groups in total. The van der Waals surface area contributed by atoms with Crippen molar-refractivity contribution >= 4 is 18.0 Å². The molecule has 1 amide bonds. The van der Waals surface area contributed by atoms with E-state index in [0.717, 1.165) is 5.56 Å². The third-order valence-corrected chi connectivity index (χ3v) is 3.97. The normalized spacial score (nSPS) is 22.5. The number of hydrogen-bond acceptors (Lipinski definition) is 5. The summed E-state index contributed by atoms with van der Waals surface area (Å²) in [4.78, 5) is 17.2. The van der Waals surface area contributed by atoms with Crippen LogP contribution in [0.4, 0.5) is 0 Å². The van der Waals surface area contributed by atoms with E-state index in [4.69, 9.17) is 9.47 Å². The smallest absolute Gasteiger partial charge is 0.257 e. The molecule has 3 rings (SSSR count). The minimum Gasteiger partial charge on any atom is -0.493 e. The van der Waals surface area contributed by atoms with Gasteiger partial charge in [-0.1, -0.05) is 24.3 Å². The van der Waals surface area contributed by atoms with Crippen LogP contribution in [0.1, 0.15) is 12.5 Å². The van der Waals surface area contributed by atoms with Crippen molar-refractivity contribution in [2.24, 2.45) is 16.0 Å². The molecule has 0 unspecified atom stereocenters. The highest BCUT2D eigenvalue weighted by Gasteiger charge is 2.35. The Labute approximate surface area is 140 Å². The van der Waals surface area contributed by atoms with Gasteiger partial charge in [0, 0.05) is 0 Å². The molecule has 1 aromatic carbocycles. The first-order chi connectivity index (χ1) is 11.6. The van der Waals surface area contributed by atoms with Gasteiger partial charge in [-0.2, -0.15) is 10.1 Å². The maximum absolute atomic E-state index is 12.6. The number of ether oxygens (including phenoxy) is 2. The van der Waals surface area contributed by atoms with Gasteiger partial charge in [0.2, 0.25) is 0 Å². The van der Waals surface area contributed by atoms with Gasteiger partial charge in [-0.05, 0) is 30.7 Å². The van der Waals surface area contributed by atoms with Crippen molar-refractivity contribution in [3.05, 3.63) is 48.1 Å². The van der Waals surface area contributed by atoms with Crippen LogP contribution in [0.25, 0.3) is 0 Å². The Balaban J connectivity index is 1.85. The second-order valence-electron chi connectivity index (χ2n) is 5.47. The fourth-order valence-corrected chi connectivity index (χ4v) is 2.72. The topological polar surface area (TPSA) is 63.5 Å². The molecule has 1 aliphatic carbocycles. The number of carbonyl (C=O) groups excluding carboxylic acids is 1. The standard InChI is InChI=1S/C18H19N3O3/c1-12-20-15-7-5-4-6-14(15)18(22)21(12)19-11-13-8-9-16(23-2)17(10-13)24-3/h4-11,14-15H,1-3H3/b19-11-/t14-,15-/m1/s1. The summed E-state index contributed by atoms with van der Waals surface area (Å²) in [6.07, 6.45) is 9.18. The van der Waals surface area contributed by atoms with Gasteiger partial charge in [0.1, 0.15) is 5.84 Å². The monoisotopic (exact) mass is 325 g/mol. The van der Waals surface area contributed by atoms with Gasteiger partial charge in [-0.15, -0.1) is 0 Å². The zero-order valence-electron chi connectivity index (χ0n) is 13.8. The molecule has 0 radical (unpaired) electrons. The third-order valence-electron chi connectivity index (χ3n) is 3.97. The van der Waals surface area contributed by atoms with Crippen LogP contribution in [0, 0.1) is 5.92 Å². The largest absolute Gasteiger partial charge is 0.493 e. The molecule has 1 aliphatic heterocycles. The van der Waals surface area contributed by atoms with E-state index < -0.39 is 0 Å². The molecule has 0 aromatic heterocycles. The van der Waals surface area contributed by atoms with Crippen LogP contribution < -0.4 is 9.47 Å². The molecule has 2 aliphatic rings. The Morgan fingerprint density at radius 1 is 1.17 bits per heavy atom. The molecule has 1 aromatic rings. The summed E-state index contributed by atoms with van der Waals surface area (Å²) in [6, 6.07) is 5.31. The fraction of sp³-hybridized carbons (Fsp3) is 0.278. The molecule has 0 saturated heterocycles. The number of hydrogen-bond donors (Lipinski definition) is 0. The summed E-state index contributed by atoms with van der Waals surface area (Å²) in [7, 11) is 3.16. The number of carbonyl (C=O) groups is 1. The van der Waals surface area contributed by atoms with Gasteiger partial charge in [0.05, 0.1) is 32.4 Å². The number of fused-ring (bicyclic) bond motifs is 1. The third kappa shape index (κ3) is 2.95. The number of aliphatic imine (C=N–C) groups is 1.